The SMILES string of the molecule is CCCCCCCCCCCNCCCCCC[C@@H]1C[C@@H]1CCCCCCNCC. The summed E-state index contributed by atoms with van der Waals surface area (Å²) in [7, 11) is 0. The Bertz CT molecular complexity index is 331. The first kappa shape index (κ1) is 28.0. The van der Waals surface area contributed by atoms with Gasteiger partial charge in [-0.2, -0.15) is 0 Å². The number of unbranched alkanes of at least 4 members (excludes halogenated alkanes) is 14. The van der Waals surface area contributed by atoms with Crippen LogP contribution in [-0.4, -0.2) is 26.2 Å². The molecule has 2 nitrogen and oxygen atoms in total. The van der Waals surface area contributed by atoms with Gasteiger partial charge in [0.25, 0.3) is 0 Å². The first-order chi connectivity index (χ1) is 14.9. The maximum atomic E-state index is 3.66. The van der Waals surface area contributed by atoms with E-state index in [9.17, 15) is 0 Å². The molecule has 0 bridgehead atoms. The molecule has 1 fully saturated rings. The Morgan fingerprint density at radius 2 is 0.867 bits per heavy atom. The van der Waals surface area contributed by atoms with E-state index >= 15 is 0 Å². The Morgan fingerprint density at radius 1 is 0.467 bits per heavy atom. The highest BCUT2D eigenvalue weighted by molar-refractivity contribution is 4.85. The molecule has 2 atom stereocenters. The molecule has 0 heterocycles. The zero-order valence-corrected chi connectivity index (χ0v) is 21.1. The predicted octanol–water partition coefficient (Wildman–Crippen LogP) is 8.25. The smallest absolute Gasteiger partial charge is 0.00489 e. The van der Waals surface area contributed by atoms with Crippen molar-refractivity contribution in [1.82, 2.24) is 10.6 Å². The zero-order valence-electron chi connectivity index (χ0n) is 21.1. The number of hydrogen-bond acceptors (Lipinski definition) is 2. The third-order valence-corrected chi connectivity index (χ3v) is 7.13. The standard InChI is InChI=1S/C28H58N2/c1-3-5-6-7-8-9-10-13-19-24-30-25-20-15-12-17-22-28-26-27(28)21-16-11-14-18-23-29-4-2/h27-30H,3-26H2,1-2H3/t27-,28+/m0/s1. The molecule has 1 rings (SSSR count). The third kappa shape index (κ3) is 18.7. The largest absolute Gasteiger partial charge is 0.317 e. The second-order valence-electron chi connectivity index (χ2n) is 10.1. The summed E-state index contributed by atoms with van der Waals surface area (Å²) in [6.45, 7) is 9.33. The molecule has 0 spiro atoms. The van der Waals surface area contributed by atoms with Gasteiger partial charge in [0.2, 0.25) is 0 Å². The van der Waals surface area contributed by atoms with Crippen molar-refractivity contribution in [3.05, 3.63) is 0 Å². The van der Waals surface area contributed by atoms with Crippen molar-refractivity contribution in [3.63, 3.8) is 0 Å². The van der Waals surface area contributed by atoms with E-state index in [1.54, 1.807) is 6.42 Å². The average Bonchev–Trinajstić information content (AvgIpc) is 3.51. The van der Waals surface area contributed by atoms with E-state index in [4.69, 9.17) is 0 Å². The summed E-state index contributed by atoms with van der Waals surface area (Å²) in [5.74, 6) is 2.22. The second kappa shape index (κ2) is 22.1. The van der Waals surface area contributed by atoms with Gasteiger partial charge < -0.3 is 10.6 Å². The van der Waals surface area contributed by atoms with Gasteiger partial charge in [-0.25, -0.2) is 0 Å². The molecule has 180 valence electrons. The highest BCUT2D eigenvalue weighted by atomic mass is 14.8. The lowest BCUT2D eigenvalue weighted by Crippen LogP contribution is -2.16. The van der Waals surface area contributed by atoms with Crippen LogP contribution in [0.1, 0.15) is 142 Å². The maximum Gasteiger partial charge on any atom is -0.00489 e. The summed E-state index contributed by atoms with van der Waals surface area (Å²) in [5, 5.41) is 7.09. The van der Waals surface area contributed by atoms with Crippen LogP contribution in [-0.2, 0) is 0 Å². The molecule has 1 aliphatic rings. The van der Waals surface area contributed by atoms with E-state index in [-0.39, 0.29) is 0 Å². The summed E-state index contributed by atoms with van der Waals surface area (Å²) in [4.78, 5) is 0. The van der Waals surface area contributed by atoms with Crippen molar-refractivity contribution in [2.75, 3.05) is 26.2 Å². The fourth-order valence-corrected chi connectivity index (χ4v) is 4.90. The van der Waals surface area contributed by atoms with Gasteiger partial charge in [-0.15, -0.1) is 0 Å². The third-order valence-electron chi connectivity index (χ3n) is 7.13. The number of nitrogens with one attached hydrogen (secondary N) is 2. The quantitative estimate of drug-likeness (QED) is 0.145. The van der Waals surface area contributed by atoms with Gasteiger partial charge in [-0.1, -0.05) is 117 Å². The van der Waals surface area contributed by atoms with Crippen molar-refractivity contribution in [3.8, 4) is 0 Å². The summed E-state index contributed by atoms with van der Waals surface area (Å²) in [5.41, 5.74) is 0. The molecule has 0 aromatic rings. The lowest BCUT2D eigenvalue weighted by molar-refractivity contribution is 0.510. The van der Waals surface area contributed by atoms with Crippen LogP contribution in [0.25, 0.3) is 0 Å². The molecule has 30 heavy (non-hydrogen) atoms. The minimum Gasteiger partial charge on any atom is -0.317 e. The Kier molecular flexibility index (Phi) is 20.6. The molecule has 2 heteroatoms. The van der Waals surface area contributed by atoms with Crippen LogP contribution in [0.15, 0.2) is 0 Å². The van der Waals surface area contributed by atoms with Gasteiger partial charge >= 0.3 is 0 Å². The molecule has 0 aliphatic heterocycles. The fraction of sp³-hybridized carbons (Fsp3) is 1.00. The molecular weight excluding hydrogens is 364 g/mol. The van der Waals surface area contributed by atoms with Gasteiger partial charge in [0.1, 0.15) is 0 Å². The summed E-state index contributed by atoms with van der Waals surface area (Å²) in [6.07, 6.45) is 29.0. The Morgan fingerprint density at radius 3 is 1.33 bits per heavy atom. The van der Waals surface area contributed by atoms with Crippen molar-refractivity contribution in [2.45, 2.75) is 142 Å². The van der Waals surface area contributed by atoms with Gasteiger partial charge in [0.15, 0.2) is 0 Å². The Labute approximate surface area is 191 Å². The van der Waals surface area contributed by atoms with Gasteiger partial charge in [-0.3, -0.25) is 0 Å². The van der Waals surface area contributed by atoms with Gasteiger partial charge in [-0.05, 0) is 63.7 Å². The summed E-state index contributed by atoms with van der Waals surface area (Å²) in [6, 6.07) is 0. The molecule has 0 unspecified atom stereocenters. The molecule has 0 amide bonds. The van der Waals surface area contributed by atoms with E-state index in [0.29, 0.717) is 0 Å². The van der Waals surface area contributed by atoms with Crippen LogP contribution in [0.2, 0.25) is 0 Å². The molecule has 0 saturated heterocycles. The van der Waals surface area contributed by atoms with Crippen LogP contribution < -0.4 is 10.6 Å². The maximum absolute atomic E-state index is 3.66. The summed E-state index contributed by atoms with van der Waals surface area (Å²) < 4.78 is 0. The average molecular weight is 423 g/mol. The zero-order chi connectivity index (χ0) is 21.5. The van der Waals surface area contributed by atoms with Crippen LogP contribution in [0.4, 0.5) is 0 Å². The highest BCUT2D eigenvalue weighted by Gasteiger charge is 2.34. The van der Waals surface area contributed by atoms with Crippen LogP contribution >= 0.6 is 0 Å². The van der Waals surface area contributed by atoms with Crippen molar-refractivity contribution in [1.29, 1.82) is 0 Å². The van der Waals surface area contributed by atoms with E-state index in [2.05, 4.69) is 24.5 Å². The van der Waals surface area contributed by atoms with Crippen molar-refractivity contribution < 1.29 is 0 Å². The van der Waals surface area contributed by atoms with E-state index in [1.165, 1.54) is 142 Å². The lowest BCUT2D eigenvalue weighted by atomic mass is 10.1. The Balaban J connectivity index is 1.67. The highest BCUT2D eigenvalue weighted by Crippen LogP contribution is 2.45. The number of hydrogen-bond donors (Lipinski definition) is 2. The van der Waals surface area contributed by atoms with Crippen LogP contribution in [0, 0.1) is 11.8 Å². The number of rotatable bonds is 25. The fourth-order valence-electron chi connectivity index (χ4n) is 4.90. The van der Waals surface area contributed by atoms with Crippen molar-refractivity contribution >= 4 is 0 Å². The van der Waals surface area contributed by atoms with Crippen LogP contribution in [0.3, 0.4) is 0 Å². The van der Waals surface area contributed by atoms with Crippen molar-refractivity contribution in [2.24, 2.45) is 11.8 Å². The monoisotopic (exact) mass is 422 g/mol. The van der Waals surface area contributed by atoms with Gasteiger partial charge in [0.05, 0.1) is 0 Å². The minimum absolute atomic E-state index is 1.11. The minimum atomic E-state index is 1.11. The van der Waals surface area contributed by atoms with Crippen LogP contribution in [0.5, 0.6) is 0 Å². The first-order valence-electron chi connectivity index (χ1n) is 14.3. The molecule has 0 radical (unpaired) electrons. The van der Waals surface area contributed by atoms with E-state index in [1.807, 2.05) is 0 Å². The lowest BCUT2D eigenvalue weighted by Gasteiger charge is -2.06. The predicted molar refractivity (Wildman–Crippen MR) is 136 cm³/mol. The molecule has 0 aromatic carbocycles. The topological polar surface area (TPSA) is 24.1 Å². The molecule has 2 N–H and O–H groups in total. The molecular formula is C28H58N2. The Hall–Kier alpha value is -0.0800. The van der Waals surface area contributed by atoms with E-state index in [0.717, 1.165) is 18.4 Å². The normalized spacial score (nSPS) is 18.2. The second-order valence-corrected chi connectivity index (χ2v) is 10.1. The molecule has 1 aliphatic carbocycles. The van der Waals surface area contributed by atoms with Gasteiger partial charge in [0, 0.05) is 0 Å². The molecule has 0 aromatic heterocycles. The summed E-state index contributed by atoms with van der Waals surface area (Å²) >= 11 is 0. The molecule has 1 saturated carbocycles. The first-order valence-corrected chi connectivity index (χ1v) is 14.3. The van der Waals surface area contributed by atoms with E-state index < -0.39 is 0 Å².